The van der Waals surface area contributed by atoms with E-state index < -0.39 is 0 Å². The van der Waals surface area contributed by atoms with E-state index in [1.807, 2.05) is 0 Å². The van der Waals surface area contributed by atoms with Gasteiger partial charge in [-0.05, 0) is 12.3 Å². The average Bonchev–Trinajstić information content (AvgIpc) is 2.38. The predicted molar refractivity (Wildman–Crippen MR) is 67.7 cm³/mol. The SMILES string of the molecule is COCC(C)CC(N)c1ncc(OC)nc1OC. The van der Waals surface area contributed by atoms with E-state index in [2.05, 4.69) is 16.9 Å². The lowest BCUT2D eigenvalue weighted by Gasteiger charge is -2.17. The van der Waals surface area contributed by atoms with Gasteiger partial charge in [-0.1, -0.05) is 6.92 Å². The Morgan fingerprint density at radius 2 is 2.00 bits per heavy atom. The molecule has 0 aliphatic heterocycles. The second kappa shape index (κ2) is 7.13. The van der Waals surface area contributed by atoms with Crippen LogP contribution in [0, 0.1) is 5.92 Å². The van der Waals surface area contributed by atoms with Crippen molar-refractivity contribution >= 4 is 0 Å². The number of aromatic nitrogens is 2. The maximum atomic E-state index is 6.12. The maximum Gasteiger partial charge on any atom is 0.240 e. The van der Waals surface area contributed by atoms with Crippen LogP contribution in [0.1, 0.15) is 25.1 Å². The zero-order chi connectivity index (χ0) is 13.5. The smallest absolute Gasteiger partial charge is 0.240 e. The van der Waals surface area contributed by atoms with Gasteiger partial charge in [-0.3, -0.25) is 0 Å². The Morgan fingerprint density at radius 1 is 1.28 bits per heavy atom. The minimum atomic E-state index is -0.233. The summed E-state index contributed by atoms with van der Waals surface area (Å²) in [5, 5.41) is 0. The van der Waals surface area contributed by atoms with E-state index in [4.69, 9.17) is 19.9 Å². The van der Waals surface area contributed by atoms with Crippen molar-refractivity contribution in [3.05, 3.63) is 11.9 Å². The van der Waals surface area contributed by atoms with Gasteiger partial charge in [0.1, 0.15) is 5.69 Å². The largest absolute Gasteiger partial charge is 0.480 e. The number of nitrogens with zero attached hydrogens (tertiary/aromatic N) is 2. The molecule has 2 atom stereocenters. The molecule has 6 nitrogen and oxygen atoms in total. The Labute approximate surface area is 107 Å². The number of nitrogens with two attached hydrogens (primary N) is 1. The van der Waals surface area contributed by atoms with Crippen molar-refractivity contribution in [1.29, 1.82) is 0 Å². The summed E-state index contributed by atoms with van der Waals surface area (Å²) < 4.78 is 15.3. The summed E-state index contributed by atoms with van der Waals surface area (Å²) >= 11 is 0. The molecule has 0 spiro atoms. The van der Waals surface area contributed by atoms with Crippen molar-refractivity contribution < 1.29 is 14.2 Å². The Hall–Kier alpha value is -1.40. The molecule has 0 saturated carbocycles. The zero-order valence-electron chi connectivity index (χ0n) is 11.3. The highest BCUT2D eigenvalue weighted by Gasteiger charge is 2.18. The zero-order valence-corrected chi connectivity index (χ0v) is 11.3. The molecule has 2 unspecified atom stereocenters. The minimum absolute atomic E-state index is 0.233. The number of methoxy groups -OCH3 is 3. The number of rotatable bonds is 7. The van der Waals surface area contributed by atoms with Gasteiger partial charge >= 0.3 is 0 Å². The highest BCUT2D eigenvalue weighted by atomic mass is 16.5. The van der Waals surface area contributed by atoms with E-state index in [-0.39, 0.29) is 6.04 Å². The van der Waals surface area contributed by atoms with Crippen LogP contribution >= 0.6 is 0 Å². The molecule has 2 N–H and O–H groups in total. The molecule has 1 rings (SSSR count). The predicted octanol–water partition coefficient (Wildman–Crippen LogP) is 1.17. The van der Waals surface area contributed by atoms with Crippen LogP contribution in [0.4, 0.5) is 0 Å². The van der Waals surface area contributed by atoms with Gasteiger partial charge in [-0.25, -0.2) is 4.98 Å². The van der Waals surface area contributed by atoms with Gasteiger partial charge < -0.3 is 19.9 Å². The van der Waals surface area contributed by atoms with Crippen molar-refractivity contribution in [3.63, 3.8) is 0 Å². The molecule has 1 aromatic rings. The molecule has 1 aromatic heterocycles. The normalized spacial score (nSPS) is 14.1. The van der Waals surface area contributed by atoms with Gasteiger partial charge in [0.2, 0.25) is 11.8 Å². The summed E-state index contributed by atoms with van der Waals surface area (Å²) in [6.45, 7) is 2.74. The first-order valence-corrected chi connectivity index (χ1v) is 5.81. The first-order chi connectivity index (χ1) is 8.62. The number of hydrogen-bond acceptors (Lipinski definition) is 6. The van der Waals surface area contributed by atoms with Crippen molar-refractivity contribution in [2.24, 2.45) is 11.7 Å². The fraction of sp³-hybridized carbons (Fsp3) is 0.667. The summed E-state index contributed by atoms with van der Waals surface area (Å²) in [7, 11) is 4.75. The topological polar surface area (TPSA) is 79.5 Å². The summed E-state index contributed by atoms with van der Waals surface area (Å²) in [5.74, 6) is 1.16. The second-order valence-corrected chi connectivity index (χ2v) is 4.21. The van der Waals surface area contributed by atoms with Gasteiger partial charge in [-0.2, -0.15) is 4.98 Å². The first kappa shape index (κ1) is 14.7. The lowest BCUT2D eigenvalue weighted by atomic mass is 10.0. The monoisotopic (exact) mass is 255 g/mol. The molecule has 1 heterocycles. The van der Waals surface area contributed by atoms with Crippen LogP contribution in [-0.4, -0.2) is 37.9 Å². The molecule has 18 heavy (non-hydrogen) atoms. The molecule has 0 saturated heterocycles. The Kier molecular flexibility index (Phi) is 5.80. The second-order valence-electron chi connectivity index (χ2n) is 4.21. The van der Waals surface area contributed by atoms with Gasteiger partial charge in [0, 0.05) is 13.7 Å². The lowest BCUT2D eigenvalue weighted by Crippen LogP contribution is -2.19. The van der Waals surface area contributed by atoms with Gasteiger partial charge in [0.05, 0.1) is 26.5 Å². The van der Waals surface area contributed by atoms with Crippen LogP contribution in [0.3, 0.4) is 0 Å². The minimum Gasteiger partial charge on any atom is -0.480 e. The standard InChI is InChI=1S/C12H21N3O3/c1-8(7-16-2)5-9(13)11-12(18-4)15-10(17-3)6-14-11/h6,8-9H,5,7,13H2,1-4H3. The first-order valence-electron chi connectivity index (χ1n) is 5.81. The fourth-order valence-electron chi connectivity index (χ4n) is 1.77. The third kappa shape index (κ3) is 3.82. The molecular weight excluding hydrogens is 234 g/mol. The summed E-state index contributed by atoms with van der Waals surface area (Å²) in [4.78, 5) is 8.42. The molecule has 0 bridgehead atoms. The molecule has 0 aromatic carbocycles. The van der Waals surface area contributed by atoms with Crippen LogP contribution in [0.15, 0.2) is 6.20 Å². The molecule has 0 aliphatic rings. The van der Waals surface area contributed by atoms with Crippen LogP contribution in [0.25, 0.3) is 0 Å². The highest BCUT2D eigenvalue weighted by molar-refractivity contribution is 5.25. The summed E-state index contributed by atoms with van der Waals surface area (Å²) in [6, 6.07) is -0.233. The van der Waals surface area contributed by atoms with E-state index in [1.54, 1.807) is 13.3 Å². The Morgan fingerprint density at radius 3 is 2.56 bits per heavy atom. The van der Waals surface area contributed by atoms with Gasteiger partial charge in [0.15, 0.2) is 0 Å². The molecule has 0 fully saturated rings. The van der Waals surface area contributed by atoms with Crippen LogP contribution in [0.2, 0.25) is 0 Å². The van der Waals surface area contributed by atoms with Crippen LogP contribution in [0.5, 0.6) is 11.8 Å². The third-order valence-corrected chi connectivity index (χ3v) is 2.61. The Bertz CT molecular complexity index is 374. The van der Waals surface area contributed by atoms with Crippen molar-refractivity contribution in [2.45, 2.75) is 19.4 Å². The molecule has 6 heteroatoms. The summed E-state index contributed by atoms with van der Waals surface area (Å²) in [6.07, 6.45) is 2.30. The van der Waals surface area contributed by atoms with E-state index in [0.717, 1.165) is 6.42 Å². The molecule has 102 valence electrons. The van der Waals surface area contributed by atoms with E-state index >= 15 is 0 Å². The van der Waals surface area contributed by atoms with E-state index in [1.165, 1.54) is 14.2 Å². The van der Waals surface area contributed by atoms with Crippen molar-refractivity contribution in [1.82, 2.24) is 9.97 Å². The molecule has 0 radical (unpaired) electrons. The lowest BCUT2D eigenvalue weighted by molar-refractivity contribution is 0.151. The Balaban J connectivity index is 2.81. The van der Waals surface area contributed by atoms with Gasteiger partial charge in [0.25, 0.3) is 0 Å². The third-order valence-electron chi connectivity index (χ3n) is 2.61. The average molecular weight is 255 g/mol. The molecule has 0 aliphatic carbocycles. The summed E-state index contributed by atoms with van der Waals surface area (Å²) in [5.41, 5.74) is 6.76. The number of hydrogen-bond donors (Lipinski definition) is 1. The quantitative estimate of drug-likeness (QED) is 0.787. The fourth-order valence-corrected chi connectivity index (χ4v) is 1.77. The van der Waals surface area contributed by atoms with Crippen molar-refractivity contribution in [3.8, 4) is 11.8 Å². The van der Waals surface area contributed by atoms with Crippen molar-refractivity contribution in [2.75, 3.05) is 27.9 Å². The van der Waals surface area contributed by atoms with E-state index in [0.29, 0.717) is 30.0 Å². The molecule has 0 amide bonds. The molecular formula is C12H21N3O3. The van der Waals surface area contributed by atoms with Crippen LogP contribution in [-0.2, 0) is 4.74 Å². The van der Waals surface area contributed by atoms with E-state index in [9.17, 15) is 0 Å². The number of ether oxygens (including phenoxy) is 3. The highest BCUT2D eigenvalue weighted by Crippen LogP contribution is 2.25. The van der Waals surface area contributed by atoms with Gasteiger partial charge in [-0.15, -0.1) is 0 Å². The van der Waals surface area contributed by atoms with Crippen LogP contribution < -0.4 is 15.2 Å². The maximum absolute atomic E-state index is 6.12.